The van der Waals surface area contributed by atoms with Crippen LogP contribution in [0.3, 0.4) is 0 Å². The van der Waals surface area contributed by atoms with Crippen molar-refractivity contribution in [2.45, 2.75) is 20.3 Å². The van der Waals surface area contributed by atoms with E-state index in [1.54, 1.807) is 0 Å². The Morgan fingerprint density at radius 1 is 1.36 bits per heavy atom. The third kappa shape index (κ3) is 0.862. The van der Waals surface area contributed by atoms with E-state index < -0.39 is 0 Å². The van der Waals surface area contributed by atoms with Crippen LogP contribution < -0.4 is 0 Å². The van der Waals surface area contributed by atoms with Crippen molar-refractivity contribution in [2.75, 3.05) is 0 Å². The van der Waals surface area contributed by atoms with E-state index >= 15 is 0 Å². The van der Waals surface area contributed by atoms with Gasteiger partial charge < -0.3 is 0 Å². The SMILES string of the molecule is Cc1cnc(C)c2c1N=CC2. The van der Waals surface area contributed by atoms with Crippen LogP contribution in [0, 0.1) is 13.8 Å². The van der Waals surface area contributed by atoms with E-state index in [-0.39, 0.29) is 0 Å². The smallest absolute Gasteiger partial charge is 0.0724 e. The van der Waals surface area contributed by atoms with Gasteiger partial charge >= 0.3 is 0 Å². The van der Waals surface area contributed by atoms with Crippen molar-refractivity contribution >= 4 is 11.9 Å². The van der Waals surface area contributed by atoms with Gasteiger partial charge in [0.2, 0.25) is 0 Å². The van der Waals surface area contributed by atoms with Crippen LogP contribution in [0.5, 0.6) is 0 Å². The fourth-order valence-corrected chi connectivity index (χ4v) is 1.39. The maximum absolute atomic E-state index is 4.29. The van der Waals surface area contributed by atoms with E-state index in [9.17, 15) is 0 Å². The number of aromatic nitrogens is 1. The minimum Gasteiger partial charge on any atom is -0.261 e. The molecule has 11 heavy (non-hydrogen) atoms. The van der Waals surface area contributed by atoms with Gasteiger partial charge in [-0.15, -0.1) is 0 Å². The number of pyridine rings is 1. The van der Waals surface area contributed by atoms with Gasteiger partial charge in [0, 0.05) is 30.1 Å². The van der Waals surface area contributed by atoms with E-state index in [1.165, 1.54) is 11.1 Å². The second-order valence-electron chi connectivity index (χ2n) is 2.87. The summed E-state index contributed by atoms with van der Waals surface area (Å²) in [6, 6.07) is 0. The maximum Gasteiger partial charge on any atom is 0.0724 e. The molecule has 0 aliphatic carbocycles. The Kier molecular flexibility index (Phi) is 1.28. The second-order valence-corrected chi connectivity index (χ2v) is 2.87. The lowest BCUT2D eigenvalue weighted by Gasteiger charge is -2.03. The van der Waals surface area contributed by atoms with Crippen LogP contribution in [0.1, 0.15) is 16.8 Å². The van der Waals surface area contributed by atoms with Gasteiger partial charge in [0.15, 0.2) is 0 Å². The van der Waals surface area contributed by atoms with Gasteiger partial charge in [0.05, 0.1) is 5.69 Å². The predicted octanol–water partition coefficient (Wildman–Crippen LogP) is 1.96. The highest BCUT2D eigenvalue weighted by Gasteiger charge is 2.11. The number of rotatable bonds is 0. The quantitative estimate of drug-likeness (QED) is 0.549. The maximum atomic E-state index is 4.29. The fraction of sp³-hybridized carbons (Fsp3) is 0.333. The fourth-order valence-electron chi connectivity index (χ4n) is 1.39. The lowest BCUT2D eigenvalue weighted by molar-refractivity contribution is 1.12. The molecule has 0 spiro atoms. The molecular weight excluding hydrogens is 136 g/mol. The van der Waals surface area contributed by atoms with Crippen molar-refractivity contribution in [3.05, 3.63) is 23.0 Å². The Morgan fingerprint density at radius 3 is 2.91 bits per heavy atom. The highest BCUT2D eigenvalue weighted by atomic mass is 14.8. The molecule has 1 aromatic rings. The molecule has 1 aliphatic rings. The zero-order chi connectivity index (χ0) is 7.84. The molecule has 0 atom stereocenters. The van der Waals surface area contributed by atoms with Crippen LogP contribution in [0.25, 0.3) is 0 Å². The highest BCUT2D eigenvalue weighted by molar-refractivity contribution is 5.77. The topological polar surface area (TPSA) is 25.2 Å². The average molecular weight is 146 g/mol. The van der Waals surface area contributed by atoms with Crippen molar-refractivity contribution in [2.24, 2.45) is 4.99 Å². The van der Waals surface area contributed by atoms with Crippen LogP contribution in [0.4, 0.5) is 5.69 Å². The summed E-state index contributed by atoms with van der Waals surface area (Å²) in [4.78, 5) is 8.56. The predicted molar refractivity (Wildman–Crippen MR) is 45.6 cm³/mol. The number of aryl methyl sites for hydroxylation is 2. The van der Waals surface area contributed by atoms with Crippen molar-refractivity contribution in [1.29, 1.82) is 0 Å². The molecule has 0 aromatic carbocycles. The standard InChI is InChI=1S/C9H10N2/c1-6-5-11-7(2)8-3-4-10-9(6)8/h4-5H,3H2,1-2H3. The molecule has 0 N–H and O–H groups in total. The van der Waals surface area contributed by atoms with Gasteiger partial charge in [0.25, 0.3) is 0 Å². The first-order valence-corrected chi connectivity index (χ1v) is 3.76. The number of hydrogen-bond acceptors (Lipinski definition) is 2. The summed E-state index contributed by atoms with van der Waals surface area (Å²) in [5.41, 5.74) is 4.73. The number of fused-ring (bicyclic) bond motifs is 1. The monoisotopic (exact) mass is 146 g/mol. The van der Waals surface area contributed by atoms with Crippen LogP contribution in [0.15, 0.2) is 11.2 Å². The number of hydrogen-bond donors (Lipinski definition) is 0. The van der Waals surface area contributed by atoms with Crippen LogP contribution in [-0.4, -0.2) is 11.2 Å². The zero-order valence-electron chi connectivity index (χ0n) is 6.76. The van der Waals surface area contributed by atoms with Gasteiger partial charge in [0.1, 0.15) is 0 Å². The zero-order valence-corrected chi connectivity index (χ0v) is 6.76. The lowest BCUT2D eigenvalue weighted by Crippen LogP contribution is -1.90. The first-order valence-electron chi connectivity index (χ1n) is 3.76. The summed E-state index contributed by atoms with van der Waals surface area (Å²) in [6.07, 6.45) is 4.79. The van der Waals surface area contributed by atoms with Crippen LogP contribution in [-0.2, 0) is 6.42 Å². The van der Waals surface area contributed by atoms with Gasteiger partial charge in [-0.2, -0.15) is 0 Å². The number of nitrogens with zero attached hydrogens (tertiary/aromatic N) is 2. The van der Waals surface area contributed by atoms with Gasteiger partial charge in [-0.25, -0.2) is 0 Å². The minimum absolute atomic E-state index is 0.954. The van der Waals surface area contributed by atoms with Gasteiger partial charge in [-0.1, -0.05) is 0 Å². The Labute approximate surface area is 66.0 Å². The van der Waals surface area contributed by atoms with E-state index in [0.29, 0.717) is 0 Å². The van der Waals surface area contributed by atoms with E-state index in [0.717, 1.165) is 17.8 Å². The summed E-state index contributed by atoms with van der Waals surface area (Å²) in [5.74, 6) is 0. The summed E-state index contributed by atoms with van der Waals surface area (Å²) in [7, 11) is 0. The largest absolute Gasteiger partial charge is 0.261 e. The molecule has 0 fully saturated rings. The molecule has 0 amide bonds. The normalized spacial score (nSPS) is 13.6. The van der Waals surface area contributed by atoms with Gasteiger partial charge in [-0.3, -0.25) is 9.98 Å². The molecule has 0 saturated carbocycles. The molecule has 2 heterocycles. The minimum atomic E-state index is 0.954. The molecule has 1 aliphatic heterocycles. The molecule has 2 heteroatoms. The summed E-state index contributed by atoms with van der Waals surface area (Å²) in [6.45, 7) is 4.08. The molecular formula is C9H10N2. The third-order valence-electron chi connectivity index (χ3n) is 2.06. The first kappa shape index (κ1) is 6.53. The summed E-state index contributed by atoms with van der Waals surface area (Å²) in [5, 5.41) is 0. The Morgan fingerprint density at radius 2 is 2.18 bits per heavy atom. The van der Waals surface area contributed by atoms with E-state index in [1.807, 2.05) is 26.3 Å². The summed E-state index contributed by atoms with van der Waals surface area (Å²) >= 11 is 0. The van der Waals surface area contributed by atoms with Crippen molar-refractivity contribution in [3.63, 3.8) is 0 Å². The third-order valence-corrected chi connectivity index (χ3v) is 2.06. The first-order chi connectivity index (χ1) is 5.29. The molecule has 2 nitrogen and oxygen atoms in total. The second kappa shape index (κ2) is 2.16. The number of aliphatic imine (C=N–C) groups is 1. The average Bonchev–Trinajstić information content (AvgIpc) is 2.45. The molecule has 0 unspecified atom stereocenters. The highest BCUT2D eigenvalue weighted by Crippen LogP contribution is 2.28. The molecule has 1 aromatic heterocycles. The van der Waals surface area contributed by atoms with Crippen LogP contribution in [0.2, 0.25) is 0 Å². The van der Waals surface area contributed by atoms with E-state index in [2.05, 4.69) is 9.98 Å². The molecule has 0 bridgehead atoms. The Balaban J connectivity index is 2.71. The van der Waals surface area contributed by atoms with Crippen molar-refractivity contribution in [1.82, 2.24) is 4.98 Å². The van der Waals surface area contributed by atoms with Crippen molar-refractivity contribution < 1.29 is 0 Å². The molecule has 2 rings (SSSR count). The lowest BCUT2D eigenvalue weighted by atomic mass is 10.1. The Bertz CT molecular complexity index is 327. The molecule has 56 valence electrons. The van der Waals surface area contributed by atoms with Crippen molar-refractivity contribution in [3.8, 4) is 0 Å². The molecule has 0 saturated heterocycles. The Hall–Kier alpha value is -1.18. The van der Waals surface area contributed by atoms with Crippen LogP contribution >= 0.6 is 0 Å². The van der Waals surface area contributed by atoms with Gasteiger partial charge in [-0.05, 0) is 19.4 Å². The summed E-state index contributed by atoms with van der Waals surface area (Å²) < 4.78 is 0. The van der Waals surface area contributed by atoms with E-state index in [4.69, 9.17) is 0 Å². The molecule has 0 radical (unpaired) electrons.